The van der Waals surface area contributed by atoms with Crippen molar-refractivity contribution in [2.24, 2.45) is 0 Å². The molecule has 1 heterocycles. The molecule has 0 aliphatic heterocycles. The number of halogens is 2. The number of hydrogen-bond donors (Lipinski definition) is 1. The second kappa shape index (κ2) is 5.19. The molecule has 0 fully saturated rings. The van der Waals surface area contributed by atoms with Gasteiger partial charge < -0.3 is 0 Å². The lowest BCUT2D eigenvalue weighted by Crippen LogP contribution is -2.15. The van der Waals surface area contributed by atoms with Gasteiger partial charge in [0, 0.05) is 21.8 Å². The molecule has 0 unspecified atom stereocenters. The molecule has 0 aliphatic rings. The minimum atomic E-state index is -0.166. The van der Waals surface area contributed by atoms with Gasteiger partial charge in [0.1, 0.15) is 0 Å². The summed E-state index contributed by atoms with van der Waals surface area (Å²) in [5.41, 5.74) is 1.74. The van der Waals surface area contributed by atoms with E-state index in [1.54, 1.807) is 36.5 Å². The Kier molecular flexibility index (Phi) is 3.38. The van der Waals surface area contributed by atoms with Crippen molar-refractivity contribution in [3.05, 3.63) is 75.1 Å². The Balaban J connectivity index is 2.15. The van der Waals surface area contributed by atoms with E-state index in [4.69, 9.17) is 23.2 Å². The predicted octanol–water partition coefficient (Wildman–Crippen LogP) is 4.14. The van der Waals surface area contributed by atoms with Gasteiger partial charge in [-0.3, -0.25) is 9.89 Å². The first kappa shape index (κ1) is 13.0. The van der Waals surface area contributed by atoms with Crippen molar-refractivity contribution >= 4 is 23.2 Å². The van der Waals surface area contributed by atoms with E-state index in [9.17, 15) is 4.79 Å². The monoisotopic (exact) mass is 304 g/mol. The third-order valence-corrected chi connectivity index (χ3v) is 3.57. The Morgan fingerprint density at radius 2 is 1.75 bits per heavy atom. The number of aromatic nitrogens is 2. The topological polar surface area (TPSA) is 37.8 Å². The largest absolute Gasteiger partial charge is 0.298 e. The van der Waals surface area contributed by atoms with E-state index in [2.05, 4.69) is 5.10 Å². The molecule has 0 saturated heterocycles. The number of benzene rings is 2. The summed E-state index contributed by atoms with van der Waals surface area (Å²) in [6.07, 6.45) is 1.64. The minimum Gasteiger partial charge on any atom is -0.298 e. The van der Waals surface area contributed by atoms with Crippen molar-refractivity contribution < 1.29 is 0 Å². The molecule has 3 rings (SSSR count). The lowest BCUT2D eigenvalue weighted by Gasteiger charge is -2.02. The van der Waals surface area contributed by atoms with Crippen LogP contribution in [0.15, 0.2) is 59.5 Å². The summed E-state index contributed by atoms with van der Waals surface area (Å²) in [6.45, 7) is 0. The molecular weight excluding hydrogens is 295 g/mol. The van der Waals surface area contributed by atoms with Gasteiger partial charge in [-0.1, -0.05) is 47.5 Å². The average Bonchev–Trinajstić information content (AvgIpc) is 2.81. The van der Waals surface area contributed by atoms with E-state index in [0.717, 1.165) is 0 Å². The predicted molar refractivity (Wildman–Crippen MR) is 81.8 cm³/mol. The fraction of sp³-hybridized carbons (Fsp3) is 0. The van der Waals surface area contributed by atoms with Crippen LogP contribution in [0.3, 0.4) is 0 Å². The van der Waals surface area contributed by atoms with E-state index in [-0.39, 0.29) is 5.56 Å². The van der Waals surface area contributed by atoms with Crippen molar-refractivity contribution in [1.29, 1.82) is 0 Å². The van der Waals surface area contributed by atoms with Crippen molar-refractivity contribution in [2.75, 3.05) is 0 Å². The molecule has 1 N–H and O–H groups in total. The number of hydrogen-bond acceptors (Lipinski definition) is 1. The van der Waals surface area contributed by atoms with Crippen LogP contribution < -0.4 is 5.56 Å². The Hall–Kier alpha value is -1.97. The highest BCUT2D eigenvalue weighted by Crippen LogP contribution is 2.25. The second-order valence-electron chi connectivity index (χ2n) is 4.29. The van der Waals surface area contributed by atoms with Gasteiger partial charge in [0.2, 0.25) is 0 Å². The van der Waals surface area contributed by atoms with Gasteiger partial charge in [0.15, 0.2) is 0 Å². The zero-order chi connectivity index (χ0) is 14.1. The minimum absolute atomic E-state index is 0.166. The van der Waals surface area contributed by atoms with E-state index in [1.807, 2.05) is 18.2 Å². The van der Waals surface area contributed by atoms with Gasteiger partial charge in [-0.25, -0.2) is 4.68 Å². The Morgan fingerprint density at radius 1 is 0.950 bits per heavy atom. The number of nitrogens with one attached hydrogen (secondary N) is 1. The Labute approximate surface area is 125 Å². The van der Waals surface area contributed by atoms with Crippen molar-refractivity contribution in [3.8, 4) is 16.8 Å². The van der Waals surface area contributed by atoms with E-state index in [0.29, 0.717) is 26.9 Å². The maximum Gasteiger partial charge on any atom is 0.279 e. The smallest absolute Gasteiger partial charge is 0.279 e. The lowest BCUT2D eigenvalue weighted by atomic mass is 10.1. The van der Waals surface area contributed by atoms with Gasteiger partial charge >= 0.3 is 0 Å². The highest BCUT2D eigenvalue weighted by Gasteiger charge is 2.12. The van der Waals surface area contributed by atoms with Crippen LogP contribution in [0.4, 0.5) is 0 Å². The molecule has 0 saturated carbocycles. The average molecular weight is 305 g/mol. The van der Waals surface area contributed by atoms with Crippen LogP contribution in [-0.2, 0) is 0 Å². The molecule has 5 heteroatoms. The van der Waals surface area contributed by atoms with Crippen LogP contribution in [-0.4, -0.2) is 9.78 Å². The highest BCUT2D eigenvalue weighted by atomic mass is 35.5. The third-order valence-electron chi connectivity index (χ3n) is 3.00. The SMILES string of the molecule is O=c1c(-c2ccccc2Cl)c[nH]n1-c1cccc(Cl)c1. The van der Waals surface area contributed by atoms with Crippen molar-refractivity contribution in [1.82, 2.24) is 9.78 Å². The standard InChI is InChI=1S/C15H10Cl2N2O/c16-10-4-3-5-11(8-10)19-15(20)13(9-18-19)12-6-1-2-7-14(12)17/h1-9,18H. The van der Waals surface area contributed by atoms with Crippen LogP contribution in [0.25, 0.3) is 16.8 Å². The van der Waals surface area contributed by atoms with Crippen molar-refractivity contribution in [2.45, 2.75) is 0 Å². The van der Waals surface area contributed by atoms with Crippen LogP contribution in [0.5, 0.6) is 0 Å². The third kappa shape index (κ3) is 2.26. The van der Waals surface area contributed by atoms with E-state index in [1.165, 1.54) is 4.68 Å². The number of aromatic amines is 1. The number of nitrogens with zero attached hydrogens (tertiary/aromatic N) is 1. The molecule has 2 aromatic carbocycles. The maximum atomic E-state index is 12.5. The maximum absolute atomic E-state index is 12.5. The molecule has 3 nitrogen and oxygen atoms in total. The zero-order valence-corrected chi connectivity index (χ0v) is 11.8. The summed E-state index contributed by atoms with van der Waals surface area (Å²) in [5, 5.41) is 4.05. The summed E-state index contributed by atoms with van der Waals surface area (Å²) >= 11 is 12.1. The molecule has 1 aromatic heterocycles. The van der Waals surface area contributed by atoms with E-state index >= 15 is 0 Å². The van der Waals surface area contributed by atoms with Crippen LogP contribution >= 0.6 is 23.2 Å². The molecule has 3 aromatic rings. The first-order valence-corrected chi connectivity index (χ1v) is 6.73. The van der Waals surface area contributed by atoms with Gasteiger partial charge in [0.25, 0.3) is 5.56 Å². The number of H-pyrrole nitrogens is 1. The van der Waals surface area contributed by atoms with Crippen molar-refractivity contribution in [3.63, 3.8) is 0 Å². The summed E-state index contributed by atoms with van der Waals surface area (Å²) in [7, 11) is 0. The van der Waals surface area contributed by atoms with Crippen LogP contribution in [0, 0.1) is 0 Å². The van der Waals surface area contributed by atoms with Crippen LogP contribution in [0.2, 0.25) is 10.0 Å². The van der Waals surface area contributed by atoms with Gasteiger partial charge in [-0.15, -0.1) is 0 Å². The first-order chi connectivity index (χ1) is 9.66. The zero-order valence-electron chi connectivity index (χ0n) is 10.3. The molecule has 0 amide bonds. The lowest BCUT2D eigenvalue weighted by molar-refractivity contribution is 0.850. The van der Waals surface area contributed by atoms with Gasteiger partial charge in [-0.2, -0.15) is 0 Å². The molecule has 0 atom stereocenters. The Morgan fingerprint density at radius 3 is 2.50 bits per heavy atom. The molecule has 0 radical (unpaired) electrons. The summed E-state index contributed by atoms with van der Waals surface area (Å²) in [6, 6.07) is 14.3. The summed E-state index contributed by atoms with van der Waals surface area (Å²) in [4.78, 5) is 12.5. The molecule has 0 spiro atoms. The molecule has 0 aliphatic carbocycles. The summed E-state index contributed by atoms with van der Waals surface area (Å²) in [5.74, 6) is 0. The normalized spacial score (nSPS) is 10.7. The van der Waals surface area contributed by atoms with Gasteiger partial charge in [0.05, 0.1) is 11.3 Å². The van der Waals surface area contributed by atoms with Gasteiger partial charge in [-0.05, 0) is 24.3 Å². The number of rotatable bonds is 2. The molecule has 20 heavy (non-hydrogen) atoms. The Bertz CT molecular complexity index is 820. The fourth-order valence-electron chi connectivity index (χ4n) is 2.05. The highest BCUT2D eigenvalue weighted by molar-refractivity contribution is 6.33. The molecule has 100 valence electrons. The second-order valence-corrected chi connectivity index (χ2v) is 5.13. The molecule has 0 bridgehead atoms. The van der Waals surface area contributed by atoms with E-state index < -0.39 is 0 Å². The molecular formula is C15H10Cl2N2O. The summed E-state index contributed by atoms with van der Waals surface area (Å²) < 4.78 is 1.44. The first-order valence-electron chi connectivity index (χ1n) is 5.98. The quantitative estimate of drug-likeness (QED) is 0.759. The van der Waals surface area contributed by atoms with Crippen LogP contribution in [0.1, 0.15) is 0 Å². The fourth-order valence-corrected chi connectivity index (χ4v) is 2.47.